The average Bonchev–Trinajstić information content (AvgIpc) is 2.20. The van der Waals surface area contributed by atoms with E-state index >= 15 is 0 Å². The summed E-state index contributed by atoms with van der Waals surface area (Å²) >= 11 is 0. The van der Waals surface area contributed by atoms with Crippen LogP contribution in [0, 0.1) is 0 Å². The predicted octanol–water partition coefficient (Wildman–Crippen LogP) is 0.684. The number of Topliss-reactive ketones (excluding diaryl/α,β-unsaturated/α-hetero) is 1. The van der Waals surface area contributed by atoms with Crippen LogP contribution in [-0.4, -0.2) is 54.4 Å². The molecule has 0 bridgehead atoms. The van der Waals surface area contributed by atoms with Crippen LogP contribution in [0.3, 0.4) is 0 Å². The summed E-state index contributed by atoms with van der Waals surface area (Å²) in [4.78, 5) is 23.1. The van der Waals surface area contributed by atoms with E-state index in [1.807, 2.05) is 0 Å². The lowest BCUT2D eigenvalue weighted by molar-refractivity contribution is -0.135. The summed E-state index contributed by atoms with van der Waals surface area (Å²) < 4.78 is 16.9. The van der Waals surface area contributed by atoms with Crippen LogP contribution in [0.15, 0.2) is 0 Å². The molecule has 1 fully saturated rings. The molecule has 0 aliphatic carbocycles. The summed E-state index contributed by atoms with van der Waals surface area (Å²) in [5, 5.41) is 8.71. The van der Waals surface area contributed by atoms with Gasteiger partial charge in [-0.3, -0.25) is 9.18 Å². The molecule has 1 unspecified atom stereocenters. The number of carboxylic acid groups (broad SMARTS) is 1. The number of likely N-dealkylation sites (tertiary alicyclic amines) is 1. The minimum atomic E-state index is -1.05. The molecule has 1 amide bonds. The largest absolute Gasteiger partial charge is 0.465 e. The van der Waals surface area contributed by atoms with E-state index in [1.54, 1.807) is 0 Å². The van der Waals surface area contributed by atoms with Crippen LogP contribution < -0.4 is 0 Å². The van der Waals surface area contributed by atoms with E-state index in [9.17, 15) is 14.0 Å². The smallest absolute Gasteiger partial charge is 0.407 e. The van der Waals surface area contributed by atoms with Gasteiger partial charge in [-0.05, 0) is 6.42 Å². The Morgan fingerprint density at radius 3 is 3.00 bits per heavy atom. The second kappa shape index (κ2) is 5.65. The minimum Gasteiger partial charge on any atom is -0.465 e. The van der Waals surface area contributed by atoms with Crippen molar-refractivity contribution < 1.29 is 23.8 Å². The molecule has 0 spiro atoms. The second-order valence-corrected chi connectivity index (χ2v) is 3.35. The summed E-state index contributed by atoms with van der Waals surface area (Å²) in [5.41, 5.74) is 0. The van der Waals surface area contributed by atoms with Crippen molar-refractivity contribution in [3.63, 3.8) is 0 Å². The van der Waals surface area contributed by atoms with Gasteiger partial charge >= 0.3 is 6.09 Å². The number of hydrogen-bond acceptors (Lipinski definition) is 3. The van der Waals surface area contributed by atoms with E-state index in [0.717, 1.165) is 4.90 Å². The number of nitrogens with zero attached hydrogens (tertiary/aromatic N) is 1. The van der Waals surface area contributed by atoms with E-state index in [4.69, 9.17) is 9.84 Å². The molecule has 1 rings (SSSR count). The van der Waals surface area contributed by atoms with Crippen molar-refractivity contribution in [2.45, 2.75) is 18.9 Å². The van der Waals surface area contributed by atoms with Gasteiger partial charge in [0.25, 0.3) is 0 Å². The number of ether oxygens (including phenoxy) is 1. The van der Waals surface area contributed by atoms with Crippen molar-refractivity contribution in [1.29, 1.82) is 0 Å². The van der Waals surface area contributed by atoms with Crippen LogP contribution in [0.4, 0.5) is 9.18 Å². The van der Waals surface area contributed by atoms with Gasteiger partial charge in [0, 0.05) is 13.0 Å². The fourth-order valence-corrected chi connectivity index (χ4v) is 1.40. The zero-order valence-electron chi connectivity index (χ0n) is 8.32. The summed E-state index contributed by atoms with van der Waals surface area (Å²) in [5.74, 6) is -0.105. The highest BCUT2D eigenvalue weighted by Gasteiger charge is 2.29. The van der Waals surface area contributed by atoms with E-state index in [-0.39, 0.29) is 38.3 Å². The predicted molar refractivity (Wildman–Crippen MR) is 49.6 cm³/mol. The maximum Gasteiger partial charge on any atom is 0.407 e. The van der Waals surface area contributed by atoms with Gasteiger partial charge in [0.15, 0.2) is 5.78 Å². The monoisotopic (exact) mass is 219 g/mol. The molecule has 1 heterocycles. The lowest BCUT2D eigenvalue weighted by Crippen LogP contribution is -2.47. The Hall–Kier alpha value is -1.17. The number of rotatable bonds is 4. The number of alkyl halides is 1. The van der Waals surface area contributed by atoms with E-state index in [1.165, 1.54) is 0 Å². The standard InChI is InChI=1S/C9H14FNO4/c10-3-1-5-15-8-6-11(9(13)14)4-2-7(8)12/h8H,1-6H2,(H,13,14). The van der Waals surface area contributed by atoms with Crippen LogP contribution >= 0.6 is 0 Å². The maximum atomic E-state index is 11.8. The summed E-state index contributed by atoms with van der Waals surface area (Å²) in [6.45, 7) is -0.0679. The highest BCUT2D eigenvalue weighted by Crippen LogP contribution is 2.10. The first kappa shape index (κ1) is 11.9. The Bertz CT molecular complexity index is 246. The average molecular weight is 219 g/mol. The molecule has 1 aliphatic heterocycles. The number of carbonyl (C=O) groups excluding carboxylic acids is 1. The van der Waals surface area contributed by atoms with Gasteiger partial charge in [-0.2, -0.15) is 0 Å². The van der Waals surface area contributed by atoms with Crippen molar-refractivity contribution >= 4 is 11.9 Å². The number of piperidine rings is 1. The molecule has 1 atom stereocenters. The van der Waals surface area contributed by atoms with E-state index < -0.39 is 18.9 Å². The zero-order valence-corrected chi connectivity index (χ0v) is 8.32. The number of hydrogen-bond donors (Lipinski definition) is 1. The highest BCUT2D eigenvalue weighted by molar-refractivity contribution is 5.85. The molecule has 15 heavy (non-hydrogen) atoms. The van der Waals surface area contributed by atoms with Gasteiger partial charge in [-0.15, -0.1) is 0 Å². The van der Waals surface area contributed by atoms with Crippen LogP contribution in [0.25, 0.3) is 0 Å². The zero-order chi connectivity index (χ0) is 11.3. The van der Waals surface area contributed by atoms with E-state index in [0.29, 0.717) is 0 Å². The first-order chi connectivity index (χ1) is 7.15. The molecule has 86 valence electrons. The summed E-state index contributed by atoms with van der Waals surface area (Å²) in [6, 6.07) is 0. The topological polar surface area (TPSA) is 66.8 Å². The number of amides is 1. The summed E-state index contributed by atoms with van der Waals surface area (Å²) in [7, 11) is 0. The van der Waals surface area contributed by atoms with Gasteiger partial charge in [0.05, 0.1) is 19.8 Å². The molecule has 6 heteroatoms. The Labute approximate surface area is 86.8 Å². The van der Waals surface area contributed by atoms with Crippen LogP contribution in [0.1, 0.15) is 12.8 Å². The Morgan fingerprint density at radius 2 is 2.40 bits per heavy atom. The molecule has 0 radical (unpaired) electrons. The molecule has 1 saturated heterocycles. The normalized spacial score (nSPS) is 21.8. The van der Waals surface area contributed by atoms with Crippen molar-refractivity contribution in [3.8, 4) is 0 Å². The van der Waals surface area contributed by atoms with Crippen molar-refractivity contribution in [2.24, 2.45) is 0 Å². The van der Waals surface area contributed by atoms with Gasteiger partial charge in [0.2, 0.25) is 0 Å². The van der Waals surface area contributed by atoms with Crippen molar-refractivity contribution in [3.05, 3.63) is 0 Å². The molecular formula is C9H14FNO4. The van der Waals surface area contributed by atoms with Crippen LogP contribution in [0.2, 0.25) is 0 Å². The SMILES string of the molecule is O=C1CCN(C(=O)O)CC1OCCCF. The molecule has 0 aromatic carbocycles. The van der Waals surface area contributed by atoms with Gasteiger partial charge in [0.1, 0.15) is 6.10 Å². The first-order valence-corrected chi connectivity index (χ1v) is 4.83. The lowest BCUT2D eigenvalue weighted by atomic mass is 10.1. The molecule has 0 aromatic rings. The molecule has 0 aromatic heterocycles. The minimum absolute atomic E-state index is 0.0560. The van der Waals surface area contributed by atoms with Crippen LogP contribution in [-0.2, 0) is 9.53 Å². The lowest BCUT2D eigenvalue weighted by Gasteiger charge is -2.29. The Morgan fingerprint density at radius 1 is 1.67 bits per heavy atom. The fourth-order valence-electron chi connectivity index (χ4n) is 1.40. The first-order valence-electron chi connectivity index (χ1n) is 4.83. The summed E-state index contributed by atoms with van der Waals surface area (Å²) in [6.07, 6.45) is -1.37. The van der Waals surface area contributed by atoms with Gasteiger partial charge in [-0.25, -0.2) is 4.79 Å². The van der Waals surface area contributed by atoms with Crippen molar-refractivity contribution in [2.75, 3.05) is 26.4 Å². The number of carbonyl (C=O) groups is 2. The third-order valence-corrected chi connectivity index (χ3v) is 2.24. The molecule has 5 nitrogen and oxygen atoms in total. The number of ketones is 1. The van der Waals surface area contributed by atoms with Crippen molar-refractivity contribution in [1.82, 2.24) is 4.90 Å². The quantitative estimate of drug-likeness (QED) is 0.706. The van der Waals surface area contributed by atoms with Crippen LogP contribution in [0.5, 0.6) is 0 Å². The molecular weight excluding hydrogens is 205 g/mol. The van der Waals surface area contributed by atoms with Gasteiger partial charge < -0.3 is 14.7 Å². The molecule has 1 aliphatic rings. The molecule has 1 N–H and O–H groups in total. The Balaban J connectivity index is 2.39. The fraction of sp³-hybridized carbons (Fsp3) is 0.778. The van der Waals surface area contributed by atoms with E-state index in [2.05, 4.69) is 0 Å². The second-order valence-electron chi connectivity index (χ2n) is 3.35. The third-order valence-electron chi connectivity index (χ3n) is 2.24. The number of halogens is 1. The Kier molecular flexibility index (Phi) is 4.48. The maximum absolute atomic E-state index is 11.8. The highest BCUT2D eigenvalue weighted by atomic mass is 19.1. The third kappa shape index (κ3) is 3.47. The molecule has 0 saturated carbocycles. The van der Waals surface area contributed by atoms with Gasteiger partial charge in [-0.1, -0.05) is 0 Å².